The average molecular weight is 363 g/mol. The van der Waals surface area contributed by atoms with Gasteiger partial charge in [0.1, 0.15) is 0 Å². The van der Waals surface area contributed by atoms with Crippen LogP contribution in [0.3, 0.4) is 0 Å². The number of methoxy groups -OCH3 is 1. The molecule has 2 fully saturated rings. The van der Waals surface area contributed by atoms with Crippen molar-refractivity contribution in [2.24, 2.45) is 5.92 Å². The Bertz CT molecular complexity index is 560. The van der Waals surface area contributed by atoms with Crippen molar-refractivity contribution < 1.29 is 14.9 Å². The minimum Gasteiger partial charge on any atom is -0.504 e. The molecule has 0 aromatic heterocycles. The van der Waals surface area contributed by atoms with Gasteiger partial charge in [-0.1, -0.05) is 25.3 Å². The number of piperazine rings is 1. The third-order valence-electron chi connectivity index (χ3n) is 6.02. The highest BCUT2D eigenvalue weighted by Crippen LogP contribution is 2.28. The zero-order chi connectivity index (χ0) is 18.4. The van der Waals surface area contributed by atoms with E-state index >= 15 is 0 Å². The number of phenols is 1. The molecular weight excluding hydrogens is 328 g/mol. The van der Waals surface area contributed by atoms with E-state index in [1.165, 1.54) is 38.6 Å². The predicted molar refractivity (Wildman–Crippen MR) is 104 cm³/mol. The molecule has 5 heteroatoms. The van der Waals surface area contributed by atoms with Crippen molar-refractivity contribution in [3.63, 3.8) is 0 Å². The van der Waals surface area contributed by atoms with E-state index in [4.69, 9.17) is 4.74 Å². The van der Waals surface area contributed by atoms with Gasteiger partial charge < -0.3 is 14.9 Å². The monoisotopic (exact) mass is 362 g/mol. The molecule has 1 atom stereocenters. The minimum absolute atomic E-state index is 0.187. The maximum atomic E-state index is 9.77. The summed E-state index contributed by atoms with van der Waals surface area (Å²) in [6.07, 6.45) is 7.78. The molecule has 0 spiro atoms. The van der Waals surface area contributed by atoms with E-state index in [1.54, 1.807) is 13.2 Å². The number of hydrogen-bond donors (Lipinski definition) is 2. The molecule has 1 saturated carbocycles. The van der Waals surface area contributed by atoms with Gasteiger partial charge in [-0.25, -0.2) is 0 Å². The van der Waals surface area contributed by atoms with Crippen LogP contribution in [0.25, 0.3) is 0 Å². The number of aromatic hydroxyl groups is 1. The summed E-state index contributed by atoms with van der Waals surface area (Å²) in [4.78, 5) is 5.09. The molecule has 0 unspecified atom stereocenters. The van der Waals surface area contributed by atoms with E-state index in [0.29, 0.717) is 11.8 Å². The van der Waals surface area contributed by atoms with Gasteiger partial charge >= 0.3 is 0 Å². The Morgan fingerprint density at radius 2 is 1.96 bits per heavy atom. The van der Waals surface area contributed by atoms with Crippen molar-refractivity contribution in [1.82, 2.24) is 9.80 Å². The fraction of sp³-hybridized carbons (Fsp3) is 0.714. The minimum atomic E-state index is 0.187. The Kier molecular flexibility index (Phi) is 7.17. The first-order valence-corrected chi connectivity index (χ1v) is 10.1. The highest BCUT2D eigenvalue weighted by atomic mass is 16.5. The molecule has 0 bridgehead atoms. The van der Waals surface area contributed by atoms with Crippen molar-refractivity contribution in [3.8, 4) is 11.5 Å². The summed E-state index contributed by atoms with van der Waals surface area (Å²) in [5, 5.41) is 19.3. The molecule has 1 saturated heterocycles. The lowest BCUT2D eigenvalue weighted by Gasteiger charge is -2.43. The molecule has 3 rings (SSSR count). The van der Waals surface area contributed by atoms with Crippen LogP contribution in [0.15, 0.2) is 18.2 Å². The number of phenolic OH excluding ortho intramolecular Hbond substituents is 1. The molecule has 2 N–H and O–H groups in total. The number of ether oxygens (including phenoxy) is 1. The van der Waals surface area contributed by atoms with Gasteiger partial charge in [0.25, 0.3) is 0 Å². The zero-order valence-electron chi connectivity index (χ0n) is 16.1. The molecule has 1 aliphatic heterocycles. The number of aliphatic hydroxyl groups is 1. The number of nitrogens with zero attached hydrogens (tertiary/aromatic N) is 2. The van der Waals surface area contributed by atoms with Crippen LogP contribution in [-0.4, -0.2) is 66.0 Å². The topological polar surface area (TPSA) is 56.2 Å². The quantitative estimate of drug-likeness (QED) is 0.781. The maximum Gasteiger partial charge on any atom is 0.160 e. The second kappa shape index (κ2) is 9.58. The lowest BCUT2D eigenvalue weighted by atomic mass is 9.88. The van der Waals surface area contributed by atoms with Crippen LogP contribution in [0.1, 0.15) is 44.1 Å². The van der Waals surface area contributed by atoms with E-state index in [-0.39, 0.29) is 12.4 Å². The number of aliphatic hydroxyl groups excluding tert-OH is 1. The van der Waals surface area contributed by atoms with Crippen LogP contribution in [0.4, 0.5) is 0 Å². The van der Waals surface area contributed by atoms with Gasteiger partial charge in [-0.05, 0) is 42.9 Å². The first-order valence-electron chi connectivity index (χ1n) is 10.1. The molecule has 0 radical (unpaired) electrons. The van der Waals surface area contributed by atoms with Gasteiger partial charge in [-0.2, -0.15) is 0 Å². The predicted octanol–water partition coefficient (Wildman–Crippen LogP) is 2.85. The molecule has 0 amide bonds. The fourth-order valence-corrected chi connectivity index (χ4v) is 4.54. The van der Waals surface area contributed by atoms with Crippen LogP contribution in [0, 0.1) is 5.92 Å². The summed E-state index contributed by atoms with van der Waals surface area (Å²) in [6, 6.07) is 6.03. The van der Waals surface area contributed by atoms with Gasteiger partial charge in [0.2, 0.25) is 0 Å². The highest BCUT2D eigenvalue weighted by molar-refractivity contribution is 5.41. The van der Waals surface area contributed by atoms with Gasteiger partial charge in [0, 0.05) is 45.4 Å². The lowest BCUT2D eigenvalue weighted by Crippen LogP contribution is -2.54. The number of hydrogen-bond acceptors (Lipinski definition) is 5. The largest absolute Gasteiger partial charge is 0.504 e. The first-order chi connectivity index (χ1) is 12.7. The molecule has 1 heterocycles. The summed E-state index contributed by atoms with van der Waals surface area (Å²) in [5.74, 6) is 1.56. The average Bonchev–Trinajstić information content (AvgIpc) is 2.66. The SMILES string of the molecule is COc1cc(CN2CCN(CC3CCCCC3)[C@@H](CCO)C2)ccc1O. The van der Waals surface area contributed by atoms with E-state index in [9.17, 15) is 10.2 Å². The summed E-state index contributed by atoms with van der Waals surface area (Å²) in [6.45, 7) is 5.44. The summed E-state index contributed by atoms with van der Waals surface area (Å²) < 4.78 is 5.23. The van der Waals surface area contributed by atoms with Crippen molar-refractivity contribution in [2.75, 3.05) is 39.9 Å². The third-order valence-corrected chi connectivity index (χ3v) is 6.02. The van der Waals surface area contributed by atoms with Crippen molar-refractivity contribution in [1.29, 1.82) is 0 Å². The summed E-state index contributed by atoms with van der Waals surface area (Å²) >= 11 is 0. The Morgan fingerprint density at radius 1 is 1.15 bits per heavy atom. The molecule has 1 aromatic rings. The highest BCUT2D eigenvalue weighted by Gasteiger charge is 2.29. The Hall–Kier alpha value is -1.30. The molecule has 5 nitrogen and oxygen atoms in total. The number of rotatable bonds is 7. The smallest absolute Gasteiger partial charge is 0.160 e. The fourth-order valence-electron chi connectivity index (χ4n) is 4.54. The van der Waals surface area contributed by atoms with E-state index in [2.05, 4.69) is 9.80 Å². The standard InChI is InChI=1S/C21H34N2O3/c1-26-21-13-18(7-8-20(21)25)14-22-10-11-23(19(16-22)9-12-24)15-17-5-3-2-4-6-17/h7-8,13,17,19,24-25H,2-6,9-12,14-16H2,1H3/t19-/m0/s1. The Balaban J connectivity index is 1.58. The molecule has 1 aliphatic carbocycles. The second-order valence-corrected chi connectivity index (χ2v) is 7.91. The van der Waals surface area contributed by atoms with Gasteiger partial charge in [0.15, 0.2) is 11.5 Å². The molecule has 1 aromatic carbocycles. The van der Waals surface area contributed by atoms with Crippen LogP contribution in [-0.2, 0) is 6.54 Å². The molecule has 26 heavy (non-hydrogen) atoms. The molecular formula is C21H34N2O3. The van der Waals surface area contributed by atoms with Crippen LogP contribution < -0.4 is 4.74 Å². The molecule has 2 aliphatic rings. The summed E-state index contributed by atoms with van der Waals surface area (Å²) in [7, 11) is 1.58. The van der Waals surface area contributed by atoms with E-state index in [1.807, 2.05) is 12.1 Å². The maximum absolute atomic E-state index is 9.77. The van der Waals surface area contributed by atoms with Crippen molar-refractivity contribution in [2.45, 2.75) is 51.1 Å². The van der Waals surface area contributed by atoms with Crippen molar-refractivity contribution in [3.05, 3.63) is 23.8 Å². The zero-order valence-corrected chi connectivity index (χ0v) is 16.1. The van der Waals surface area contributed by atoms with E-state index in [0.717, 1.165) is 44.1 Å². The Labute approximate surface area is 157 Å². The Morgan fingerprint density at radius 3 is 2.69 bits per heavy atom. The third kappa shape index (κ3) is 5.12. The normalized spacial score (nSPS) is 23.2. The second-order valence-electron chi connectivity index (χ2n) is 7.91. The van der Waals surface area contributed by atoms with Gasteiger partial charge in [-0.3, -0.25) is 9.80 Å². The lowest BCUT2D eigenvalue weighted by molar-refractivity contribution is 0.0400. The van der Waals surface area contributed by atoms with Gasteiger partial charge in [-0.15, -0.1) is 0 Å². The number of benzene rings is 1. The van der Waals surface area contributed by atoms with Crippen molar-refractivity contribution >= 4 is 0 Å². The van der Waals surface area contributed by atoms with Crippen LogP contribution >= 0.6 is 0 Å². The van der Waals surface area contributed by atoms with Gasteiger partial charge in [0.05, 0.1) is 7.11 Å². The van der Waals surface area contributed by atoms with E-state index < -0.39 is 0 Å². The van der Waals surface area contributed by atoms with Crippen LogP contribution in [0.5, 0.6) is 11.5 Å². The molecule has 146 valence electrons. The summed E-state index contributed by atoms with van der Waals surface area (Å²) in [5.41, 5.74) is 1.16. The first kappa shape index (κ1) is 19.5. The van der Waals surface area contributed by atoms with Crippen LogP contribution in [0.2, 0.25) is 0 Å².